The molecule has 1 fully saturated rings. The Kier molecular flexibility index (Phi) is 2.10. The molecule has 2 heterocycles. The largest absolute Gasteiger partial charge is 0.465 e. The first-order valence-electron chi connectivity index (χ1n) is 5.53. The van der Waals surface area contributed by atoms with Crippen molar-refractivity contribution in [3.63, 3.8) is 0 Å². The SMILES string of the molecule is CN1C(=S)NC2CC1(C)Oc1c(F)cccc12. The summed E-state index contributed by atoms with van der Waals surface area (Å²) in [7, 11) is 1.86. The molecule has 1 N–H and O–H groups in total. The summed E-state index contributed by atoms with van der Waals surface area (Å²) in [4.78, 5) is 1.84. The molecular weight excluding hydrogens is 239 g/mol. The van der Waals surface area contributed by atoms with E-state index >= 15 is 0 Å². The molecule has 90 valence electrons. The summed E-state index contributed by atoms with van der Waals surface area (Å²) in [5, 5.41) is 3.85. The minimum absolute atomic E-state index is 0.0307. The summed E-state index contributed by atoms with van der Waals surface area (Å²) in [6, 6.07) is 5.03. The molecule has 0 saturated carbocycles. The Balaban J connectivity index is 2.15. The molecule has 1 saturated heterocycles. The molecule has 0 amide bonds. The summed E-state index contributed by atoms with van der Waals surface area (Å²) in [5.74, 6) is 0.0227. The minimum Gasteiger partial charge on any atom is -0.465 e. The van der Waals surface area contributed by atoms with Gasteiger partial charge in [-0.3, -0.25) is 0 Å². The van der Waals surface area contributed by atoms with E-state index in [2.05, 4.69) is 5.32 Å². The van der Waals surface area contributed by atoms with Crippen molar-refractivity contribution in [2.24, 2.45) is 0 Å². The third-order valence-corrected chi connectivity index (χ3v) is 3.98. The summed E-state index contributed by atoms with van der Waals surface area (Å²) in [6.07, 6.45) is 0.750. The highest BCUT2D eigenvalue weighted by molar-refractivity contribution is 7.80. The van der Waals surface area contributed by atoms with E-state index in [-0.39, 0.29) is 11.9 Å². The summed E-state index contributed by atoms with van der Waals surface area (Å²) >= 11 is 5.26. The molecule has 1 aromatic rings. The van der Waals surface area contributed by atoms with E-state index in [4.69, 9.17) is 17.0 Å². The number of thiocarbonyl (C=S) groups is 1. The molecule has 2 unspecified atom stereocenters. The highest BCUT2D eigenvalue weighted by atomic mass is 32.1. The van der Waals surface area contributed by atoms with Crippen LogP contribution in [0.15, 0.2) is 18.2 Å². The average Bonchev–Trinajstić information content (AvgIpc) is 2.28. The molecule has 0 aromatic heterocycles. The van der Waals surface area contributed by atoms with E-state index in [9.17, 15) is 4.39 Å². The number of rotatable bonds is 0. The molecule has 3 nitrogen and oxygen atoms in total. The predicted molar refractivity (Wildman–Crippen MR) is 66.3 cm³/mol. The zero-order valence-corrected chi connectivity index (χ0v) is 10.5. The van der Waals surface area contributed by atoms with Crippen LogP contribution in [0.3, 0.4) is 0 Å². The van der Waals surface area contributed by atoms with Crippen LogP contribution >= 0.6 is 12.2 Å². The molecule has 2 atom stereocenters. The lowest BCUT2D eigenvalue weighted by molar-refractivity contribution is -0.0589. The molecule has 5 heteroatoms. The lowest BCUT2D eigenvalue weighted by Gasteiger charge is -2.50. The second-order valence-electron chi connectivity index (χ2n) is 4.70. The molecule has 0 aliphatic carbocycles. The van der Waals surface area contributed by atoms with Gasteiger partial charge in [-0.05, 0) is 25.2 Å². The Morgan fingerprint density at radius 1 is 1.59 bits per heavy atom. The van der Waals surface area contributed by atoms with E-state index in [0.717, 1.165) is 12.0 Å². The highest BCUT2D eigenvalue weighted by Crippen LogP contribution is 2.44. The number of hydrogen-bond acceptors (Lipinski definition) is 2. The Labute approximate surface area is 105 Å². The molecule has 3 rings (SSSR count). The first kappa shape index (κ1) is 10.8. The number of halogens is 1. The second-order valence-corrected chi connectivity index (χ2v) is 5.09. The molecule has 2 aliphatic rings. The van der Waals surface area contributed by atoms with Gasteiger partial charge >= 0.3 is 0 Å². The summed E-state index contributed by atoms with van der Waals surface area (Å²) in [5.41, 5.74) is 0.278. The molecule has 1 aromatic carbocycles. The minimum atomic E-state index is -0.567. The fourth-order valence-electron chi connectivity index (χ4n) is 2.45. The van der Waals surface area contributed by atoms with E-state index in [1.54, 1.807) is 6.07 Å². The Hall–Kier alpha value is -1.36. The number of ether oxygens (including phenoxy) is 1. The van der Waals surface area contributed by atoms with E-state index in [1.165, 1.54) is 6.07 Å². The number of hydrogen-bond donors (Lipinski definition) is 1. The quantitative estimate of drug-likeness (QED) is 0.715. The molecule has 2 aliphatic heterocycles. The predicted octanol–water partition coefficient (Wildman–Crippen LogP) is 2.19. The molecular formula is C12H13FN2OS. The van der Waals surface area contributed by atoms with Crippen LogP contribution in [0.2, 0.25) is 0 Å². The van der Waals surface area contributed by atoms with Gasteiger partial charge in [-0.1, -0.05) is 12.1 Å². The smallest absolute Gasteiger partial charge is 0.184 e. The zero-order valence-electron chi connectivity index (χ0n) is 9.66. The van der Waals surface area contributed by atoms with Crippen LogP contribution in [0.4, 0.5) is 4.39 Å². The van der Waals surface area contributed by atoms with Crippen LogP contribution in [-0.2, 0) is 0 Å². The fraction of sp³-hybridized carbons (Fsp3) is 0.417. The van der Waals surface area contributed by atoms with Crippen molar-refractivity contribution < 1.29 is 9.13 Å². The standard InChI is InChI=1S/C12H13FN2OS/c1-12-6-9(14-11(17)15(12)2)7-4-3-5-8(13)10(7)16-12/h3-5,9H,6H2,1-2H3,(H,14,17). The van der Waals surface area contributed by atoms with Crippen LogP contribution < -0.4 is 10.1 Å². The van der Waals surface area contributed by atoms with Gasteiger partial charge < -0.3 is 15.0 Å². The maximum Gasteiger partial charge on any atom is 0.184 e. The van der Waals surface area contributed by atoms with Gasteiger partial charge in [-0.25, -0.2) is 4.39 Å². The van der Waals surface area contributed by atoms with Gasteiger partial charge in [0, 0.05) is 19.0 Å². The van der Waals surface area contributed by atoms with Crippen molar-refractivity contribution in [2.75, 3.05) is 7.05 Å². The van der Waals surface area contributed by atoms with Crippen LogP contribution in [0.5, 0.6) is 5.75 Å². The summed E-state index contributed by atoms with van der Waals surface area (Å²) < 4.78 is 19.6. The van der Waals surface area contributed by atoms with Crippen molar-refractivity contribution in [2.45, 2.75) is 25.1 Å². The molecule has 17 heavy (non-hydrogen) atoms. The maximum atomic E-state index is 13.8. The first-order valence-corrected chi connectivity index (χ1v) is 5.94. The monoisotopic (exact) mass is 252 g/mol. The normalized spacial score (nSPS) is 30.4. The first-order chi connectivity index (χ1) is 8.01. The average molecular weight is 252 g/mol. The Morgan fingerprint density at radius 3 is 3.12 bits per heavy atom. The van der Waals surface area contributed by atoms with Crippen molar-refractivity contribution in [1.29, 1.82) is 0 Å². The number of nitrogens with zero attached hydrogens (tertiary/aromatic N) is 1. The summed E-state index contributed by atoms with van der Waals surface area (Å²) in [6.45, 7) is 1.93. The number of para-hydroxylation sites is 1. The van der Waals surface area contributed by atoms with Gasteiger partial charge in [0.1, 0.15) is 0 Å². The van der Waals surface area contributed by atoms with Crippen LogP contribution in [0.1, 0.15) is 24.9 Å². The molecule has 0 spiro atoms. The van der Waals surface area contributed by atoms with Crippen LogP contribution in [-0.4, -0.2) is 22.8 Å². The third-order valence-electron chi connectivity index (χ3n) is 3.59. The molecule has 2 bridgehead atoms. The Bertz CT molecular complexity index is 507. The van der Waals surface area contributed by atoms with E-state index in [0.29, 0.717) is 10.9 Å². The molecule has 0 radical (unpaired) electrons. The van der Waals surface area contributed by atoms with Gasteiger partial charge in [0.05, 0.1) is 6.04 Å². The van der Waals surface area contributed by atoms with Crippen molar-refractivity contribution in [3.05, 3.63) is 29.6 Å². The number of fused-ring (bicyclic) bond motifs is 4. The van der Waals surface area contributed by atoms with Crippen molar-refractivity contribution >= 4 is 17.3 Å². The van der Waals surface area contributed by atoms with Crippen LogP contribution in [0, 0.1) is 5.82 Å². The van der Waals surface area contributed by atoms with Gasteiger partial charge in [-0.2, -0.15) is 0 Å². The van der Waals surface area contributed by atoms with Crippen molar-refractivity contribution in [1.82, 2.24) is 10.2 Å². The number of benzene rings is 1. The lowest BCUT2D eigenvalue weighted by Crippen LogP contribution is -2.63. The third kappa shape index (κ3) is 1.42. The zero-order chi connectivity index (χ0) is 12.2. The van der Waals surface area contributed by atoms with Crippen LogP contribution in [0.25, 0.3) is 0 Å². The van der Waals surface area contributed by atoms with Gasteiger partial charge in [0.25, 0.3) is 0 Å². The van der Waals surface area contributed by atoms with Crippen molar-refractivity contribution in [3.8, 4) is 5.75 Å². The maximum absolute atomic E-state index is 13.8. The van der Waals surface area contributed by atoms with E-state index in [1.807, 2.05) is 24.9 Å². The van der Waals surface area contributed by atoms with E-state index < -0.39 is 5.72 Å². The lowest BCUT2D eigenvalue weighted by atomic mass is 9.91. The topological polar surface area (TPSA) is 24.5 Å². The number of nitrogens with one attached hydrogen (secondary N) is 1. The fourth-order valence-corrected chi connectivity index (χ4v) is 2.79. The second kappa shape index (κ2) is 3.32. The Morgan fingerprint density at radius 2 is 2.35 bits per heavy atom. The highest BCUT2D eigenvalue weighted by Gasteiger charge is 2.46. The van der Waals surface area contributed by atoms with Gasteiger partial charge in [0.15, 0.2) is 22.4 Å². The van der Waals surface area contributed by atoms with Gasteiger partial charge in [-0.15, -0.1) is 0 Å². The van der Waals surface area contributed by atoms with Gasteiger partial charge in [0.2, 0.25) is 0 Å².